The largest absolute Gasteiger partial charge is 0.443 e. The van der Waals surface area contributed by atoms with Crippen molar-refractivity contribution in [2.75, 3.05) is 6.61 Å². The number of ether oxygens (including phenoxy) is 1. The summed E-state index contributed by atoms with van der Waals surface area (Å²) in [5, 5.41) is 0.156. The van der Waals surface area contributed by atoms with Gasteiger partial charge in [-0.3, -0.25) is 4.79 Å². The Bertz CT molecular complexity index is 448. The summed E-state index contributed by atoms with van der Waals surface area (Å²) < 4.78 is 11.5. The van der Waals surface area contributed by atoms with Crippen LogP contribution in [-0.2, 0) is 14.0 Å². The Morgan fingerprint density at radius 2 is 1.78 bits per heavy atom. The second kappa shape index (κ2) is 6.93. The van der Waals surface area contributed by atoms with E-state index < -0.39 is 20.0 Å². The number of rotatable bonds is 4. The average Bonchev–Trinajstić information content (AvgIpc) is 2.66. The third kappa shape index (κ3) is 5.60. The molecule has 1 saturated heterocycles. The minimum atomic E-state index is -1.80. The van der Waals surface area contributed by atoms with E-state index in [4.69, 9.17) is 9.16 Å². The van der Waals surface area contributed by atoms with Gasteiger partial charge in [-0.1, -0.05) is 20.8 Å². The fourth-order valence-corrected chi connectivity index (χ4v) is 3.31. The normalized spacial score (nSPS) is 20.1. The van der Waals surface area contributed by atoms with Gasteiger partial charge < -0.3 is 9.16 Å². The highest BCUT2D eigenvalue weighted by molar-refractivity contribution is 6.74. The molecule has 5 nitrogen and oxygen atoms in total. The molecule has 1 atom stereocenters. The van der Waals surface area contributed by atoms with Crippen molar-refractivity contribution in [1.82, 2.24) is 4.90 Å². The van der Waals surface area contributed by atoms with Gasteiger partial charge in [-0.15, -0.1) is 0 Å². The van der Waals surface area contributed by atoms with E-state index in [0.29, 0.717) is 25.9 Å². The first-order valence-corrected chi connectivity index (χ1v) is 11.3. The predicted octanol–water partition coefficient (Wildman–Crippen LogP) is 4.32. The van der Waals surface area contributed by atoms with E-state index in [1.54, 1.807) is 20.8 Å². The number of carbonyl (C=O) groups excluding carboxylic acids is 2. The number of amides is 2. The zero-order valence-electron chi connectivity index (χ0n) is 16.0. The molecule has 0 aromatic heterocycles. The number of nitrogens with zero attached hydrogens (tertiary/aromatic N) is 1. The van der Waals surface area contributed by atoms with Gasteiger partial charge in [-0.25, -0.2) is 9.69 Å². The van der Waals surface area contributed by atoms with Crippen molar-refractivity contribution in [3.63, 3.8) is 0 Å². The molecular formula is C17H33NO4Si. The number of hydrogen-bond donors (Lipinski definition) is 0. The number of likely N-dealkylation sites (tertiary alicyclic amines) is 1. The second-order valence-electron chi connectivity index (χ2n) is 8.83. The zero-order chi connectivity index (χ0) is 18.1. The summed E-state index contributed by atoms with van der Waals surface area (Å²) in [7, 11) is -1.80. The van der Waals surface area contributed by atoms with Crippen molar-refractivity contribution in [3.05, 3.63) is 0 Å². The van der Waals surface area contributed by atoms with Crippen molar-refractivity contribution in [3.8, 4) is 0 Å². The molecule has 23 heavy (non-hydrogen) atoms. The van der Waals surface area contributed by atoms with Crippen LogP contribution in [0, 0.1) is 0 Å². The molecule has 1 aliphatic heterocycles. The summed E-state index contributed by atoms with van der Waals surface area (Å²) in [5.74, 6) is -0.142. The molecule has 0 spiro atoms. The number of carbonyl (C=O) groups is 2. The Morgan fingerprint density at radius 1 is 1.22 bits per heavy atom. The lowest BCUT2D eigenvalue weighted by Gasteiger charge is -2.36. The molecule has 6 heteroatoms. The van der Waals surface area contributed by atoms with Crippen LogP contribution in [0.1, 0.15) is 60.8 Å². The Hall–Kier alpha value is -0.883. The Labute approximate surface area is 141 Å². The van der Waals surface area contributed by atoms with Gasteiger partial charge in [0, 0.05) is 19.1 Å². The topological polar surface area (TPSA) is 55.8 Å². The molecule has 0 bridgehead atoms. The SMILES string of the molecule is CC(C)(C)OC(=O)N1C(=O)CC[C@H]1CCO[Si](C)(C)C(C)(C)C. The maximum Gasteiger partial charge on any atom is 0.417 e. The highest BCUT2D eigenvalue weighted by Crippen LogP contribution is 2.37. The fourth-order valence-electron chi connectivity index (χ4n) is 2.25. The van der Waals surface area contributed by atoms with Gasteiger partial charge >= 0.3 is 6.09 Å². The van der Waals surface area contributed by atoms with E-state index >= 15 is 0 Å². The van der Waals surface area contributed by atoms with Gasteiger partial charge in [-0.05, 0) is 51.7 Å². The average molecular weight is 344 g/mol. The number of imide groups is 1. The third-order valence-electron chi connectivity index (χ3n) is 4.64. The molecule has 1 fully saturated rings. The third-order valence-corrected chi connectivity index (χ3v) is 9.17. The summed E-state index contributed by atoms with van der Waals surface area (Å²) in [4.78, 5) is 25.6. The van der Waals surface area contributed by atoms with Gasteiger partial charge in [0.05, 0.1) is 0 Å². The minimum Gasteiger partial charge on any atom is -0.443 e. The predicted molar refractivity (Wildman–Crippen MR) is 93.9 cm³/mol. The van der Waals surface area contributed by atoms with E-state index in [2.05, 4.69) is 33.9 Å². The summed E-state index contributed by atoms with van der Waals surface area (Å²) in [6.07, 6.45) is 1.25. The first-order chi connectivity index (χ1) is 10.2. The summed E-state index contributed by atoms with van der Waals surface area (Å²) in [6.45, 7) is 17.0. The lowest BCUT2D eigenvalue weighted by molar-refractivity contribution is -0.128. The first kappa shape index (κ1) is 20.2. The molecule has 1 rings (SSSR count). The lowest BCUT2D eigenvalue weighted by atomic mass is 10.1. The van der Waals surface area contributed by atoms with Crippen LogP contribution in [0.3, 0.4) is 0 Å². The zero-order valence-corrected chi connectivity index (χ0v) is 17.0. The molecule has 0 aromatic rings. The molecule has 134 valence electrons. The van der Waals surface area contributed by atoms with Gasteiger partial charge in [0.1, 0.15) is 5.60 Å². The fraction of sp³-hybridized carbons (Fsp3) is 0.882. The van der Waals surface area contributed by atoms with Gasteiger partial charge in [0.2, 0.25) is 5.91 Å². The van der Waals surface area contributed by atoms with Gasteiger partial charge in [-0.2, -0.15) is 0 Å². The summed E-state index contributed by atoms with van der Waals surface area (Å²) in [6, 6.07) is -0.109. The van der Waals surface area contributed by atoms with E-state index in [1.807, 2.05) is 0 Å². The van der Waals surface area contributed by atoms with Crippen molar-refractivity contribution in [1.29, 1.82) is 0 Å². The van der Waals surface area contributed by atoms with Gasteiger partial charge in [0.15, 0.2) is 8.32 Å². The Balaban J connectivity index is 2.62. The van der Waals surface area contributed by atoms with Crippen molar-refractivity contribution >= 4 is 20.3 Å². The maximum absolute atomic E-state index is 12.3. The molecule has 0 saturated carbocycles. The van der Waals surface area contributed by atoms with Crippen molar-refractivity contribution < 1.29 is 18.8 Å². The van der Waals surface area contributed by atoms with Crippen LogP contribution < -0.4 is 0 Å². The van der Waals surface area contributed by atoms with Crippen molar-refractivity contribution in [2.45, 2.75) is 90.6 Å². The van der Waals surface area contributed by atoms with Crippen LogP contribution in [0.2, 0.25) is 18.1 Å². The molecule has 0 radical (unpaired) electrons. The van der Waals surface area contributed by atoms with Crippen LogP contribution in [0.15, 0.2) is 0 Å². The number of hydrogen-bond acceptors (Lipinski definition) is 4. The first-order valence-electron chi connectivity index (χ1n) is 8.43. The van der Waals surface area contributed by atoms with E-state index in [1.165, 1.54) is 4.90 Å². The highest BCUT2D eigenvalue weighted by atomic mass is 28.4. The monoisotopic (exact) mass is 343 g/mol. The standard InChI is InChI=1S/C17H33NO4Si/c1-16(2,3)22-15(20)18-13(9-10-14(18)19)11-12-21-23(7,8)17(4,5)6/h13H,9-12H2,1-8H3/t13-/m0/s1. The molecule has 1 heterocycles. The van der Waals surface area contributed by atoms with Crippen molar-refractivity contribution in [2.24, 2.45) is 0 Å². The highest BCUT2D eigenvalue weighted by Gasteiger charge is 2.40. The molecule has 1 aliphatic rings. The van der Waals surface area contributed by atoms with Crippen LogP contribution in [0.25, 0.3) is 0 Å². The second-order valence-corrected chi connectivity index (χ2v) is 13.6. The minimum absolute atomic E-state index is 0.109. The molecular weight excluding hydrogens is 310 g/mol. The smallest absolute Gasteiger partial charge is 0.417 e. The van der Waals surface area contributed by atoms with Crippen LogP contribution in [0.5, 0.6) is 0 Å². The van der Waals surface area contributed by atoms with E-state index in [-0.39, 0.29) is 17.0 Å². The molecule has 0 aliphatic carbocycles. The molecule has 2 amide bonds. The summed E-state index contributed by atoms with van der Waals surface area (Å²) >= 11 is 0. The molecule has 0 aromatic carbocycles. The van der Waals surface area contributed by atoms with Crippen LogP contribution in [-0.4, -0.2) is 43.5 Å². The maximum atomic E-state index is 12.3. The Morgan fingerprint density at radius 3 is 2.26 bits per heavy atom. The molecule has 0 unspecified atom stereocenters. The van der Waals surface area contributed by atoms with Crippen LogP contribution in [0.4, 0.5) is 4.79 Å². The quantitative estimate of drug-likeness (QED) is 0.713. The summed E-state index contributed by atoms with van der Waals surface area (Å²) in [5.41, 5.74) is -0.595. The van der Waals surface area contributed by atoms with E-state index in [0.717, 1.165) is 0 Å². The van der Waals surface area contributed by atoms with Gasteiger partial charge in [0.25, 0.3) is 0 Å². The lowest BCUT2D eigenvalue weighted by Crippen LogP contribution is -2.44. The van der Waals surface area contributed by atoms with Crippen LogP contribution >= 0.6 is 0 Å². The van der Waals surface area contributed by atoms with E-state index in [9.17, 15) is 9.59 Å². The Kier molecular flexibility index (Phi) is 6.07. The molecule has 0 N–H and O–H groups in total.